The summed E-state index contributed by atoms with van der Waals surface area (Å²) in [7, 11) is 0. The number of aliphatic imine (C=N–C) groups is 1. The number of hydrogen-bond acceptors (Lipinski definition) is 2. The molecule has 1 N–H and O–H groups in total. The highest BCUT2D eigenvalue weighted by atomic mass is 16.5. The Morgan fingerprint density at radius 1 is 1.26 bits per heavy atom. The summed E-state index contributed by atoms with van der Waals surface area (Å²) in [6.45, 7) is 6.55. The third-order valence-electron chi connectivity index (χ3n) is 3.11. The average molecular weight is 261 g/mol. The molecule has 4 nitrogen and oxygen atoms in total. The van der Waals surface area contributed by atoms with Crippen LogP contribution in [0.3, 0.4) is 0 Å². The lowest BCUT2D eigenvalue weighted by Crippen LogP contribution is -2.39. The molecule has 104 valence electrons. The van der Waals surface area contributed by atoms with Crippen molar-refractivity contribution < 1.29 is 4.74 Å². The highest BCUT2D eigenvalue weighted by Gasteiger charge is 2.14. The minimum absolute atomic E-state index is 0.618. The predicted molar refractivity (Wildman–Crippen MR) is 78.7 cm³/mol. The summed E-state index contributed by atoms with van der Waals surface area (Å²) in [5, 5.41) is 3.34. The SMILES string of the molecule is CCNC(=NCCOc1ccccc1)N1CCCC1. The number of rotatable bonds is 5. The van der Waals surface area contributed by atoms with E-state index in [0.29, 0.717) is 13.2 Å². The second-order valence-corrected chi connectivity index (χ2v) is 4.59. The topological polar surface area (TPSA) is 36.9 Å². The first-order valence-corrected chi connectivity index (χ1v) is 7.11. The third-order valence-corrected chi connectivity index (χ3v) is 3.11. The van der Waals surface area contributed by atoms with Gasteiger partial charge in [0.25, 0.3) is 0 Å². The highest BCUT2D eigenvalue weighted by Crippen LogP contribution is 2.09. The average Bonchev–Trinajstić information content (AvgIpc) is 2.97. The summed E-state index contributed by atoms with van der Waals surface area (Å²) < 4.78 is 5.64. The van der Waals surface area contributed by atoms with Gasteiger partial charge in [0.2, 0.25) is 0 Å². The summed E-state index contributed by atoms with van der Waals surface area (Å²) in [4.78, 5) is 6.94. The normalized spacial score (nSPS) is 15.6. The van der Waals surface area contributed by atoms with Gasteiger partial charge in [-0.05, 0) is 31.9 Å². The molecule has 0 radical (unpaired) electrons. The molecule has 0 aliphatic carbocycles. The number of nitrogens with zero attached hydrogens (tertiary/aromatic N) is 2. The van der Waals surface area contributed by atoms with Crippen LogP contribution in [0.15, 0.2) is 35.3 Å². The zero-order valence-electron chi connectivity index (χ0n) is 11.6. The van der Waals surface area contributed by atoms with E-state index in [2.05, 4.69) is 22.1 Å². The smallest absolute Gasteiger partial charge is 0.194 e. The van der Waals surface area contributed by atoms with Crippen LogP contribution in [0.4, 0.5) is 0 Å². The Bertz CT molecular complexity index is 386. The summed E-state index contributed by atoms with van der Waals surface area (Å²) in [6, 6.07) is 9.88. The van der Waals surface area contributed by atoms with Crippen molar-refractivity contribution in [1.29, 1.82) is 0 Å². The first-order valence-electron chi connectivity index (χ1n) is 7.11. The molecule has 1 aromatic carbocycles. The number of guanidine groups is 1. The molecule has 2 rings (SSSR count). The summed E-state index contributed by atoms with van der Waals surface area (Å²) in [6.07, 6.45) is 2.54. The lowest BCUT2D eigenvalue weighted by Gasteiger charge is -2.20. The Hall–Kier alpha value is -1.71. The van der Waals surface area contributed by atoms with E-state index in [1.807, 2.05) is 30.3 Å². The Balaban J connectivity index is 1.78. The largest absolute Gasteiger partial charge is 0.492 e. The number of benzene rings is 1. The quantitative estimate of drug-likeness (QED) is 0.501. The van der Waals surface area contributed by atoms with Gasteiger partial charge in [-0.3, -0.25) is 0 Å². The van der Waals surface area contributed by atoms with Gasteiger partial charge < -0.3 is 15.0 Å². The van der Waals surface area contributed by atoms with Crippen molar-refractivity contribution in [1.82, 2.24) is 10.2 Å². The van der Waals surface area contributed by atoms with Gasteiger partial charge in [0.05, 0.1) is 6.54 Å². The molecule has 1 heterocycles. The zero-order chi connectivity index (χ0) is 13.3. The molecule has 0 unspecified atom stereocenters. The maximum Gasteiger partial charge on any atom is 0.194 e. The van der Waals surface area contributed by atoms with Gasteiger partial charge in [0.15, 0.2) is 5.96 Å². The fourth-order valence-electron chi connectivity index (χ4n) is 2.19. The van der Waals surface area contributed by atoms with Crippen molar-refractivity contribution in [3.63, 3.8) is 0 Å². The first kappa shape index (κ1) is 13.7. The molecule has 19 heavy (non-hydrogen) atoms. The monoisotopic (exact) mass is 261 g/mol. The van der Waals surface area contributed by atoms with E-state index in [9.17, 15) is 0 Å². The van der Waals surface area contributed by atoms with Crippen LogP contribution in [-0.2, 0) is 0 Å². The predicted octanol–water partition coefficient (Wildman–Crippen LogP) is 2.13. The molecule has 1 saturated heterocycles. The van der Waals surface area contributed by atoms with Crippen molar-refractivity contribution in [2.45, 2.75) is 19.8 Å². The van der Waals surface area contributed by atoms with Crippen molar-refractivity contribution in [3.8, 4) is 5.75 Å². The van der Waals surface area contributed by atoms with E-state index in [4.69, 9.17) is 4.74 Å². The maximum absolute atomic E-state index is 5.64. The van der Waals surface area contributed by atoms with E-state index in [0.717, 1.165) is 31.3 Å². The molecule has 4 heteroatoms. The minimum Gasteiger partial charge on any atom is -0.492 e. The molecule has 1 aliphatic rings. The number of nitrogens with one attached hydrogen (secondary N) is 1. The van der Waals surface area contributed by atoms with Crippen LogP contribution < -0.4 is 10.1 Å². The first-order chi connectivity index (χ1) is 9.40. The lowest BCUT2D eigenvalue weighted by atomic mass is 10.3. The van der Waals surface area contributed by atoms with Crippen LogP contribution in [0.25, 0.3) is 0 Å². The molecular formula is C15H23N3O. The second-order valence-electron chi connectivity index (χ2n) is 4.59. The number of para-hydroxylation sites is 1. The van der Waals surface area contributed by atoms with Gasteiger partial charge in [0.1, 0.15) is 12.4 Å². The molecule has 0 bridgehead atoms. The Morgan fingerprint density at radius 3 is 2.68 bits per heavy atom. The molecule has 0 saturated carbocycles. The van der Waals surface area contributed by atoms with Crippen molar-refractivity contribution in [3.05, 3.63) is 30.3 Å². The number of ether oxygens (including phenoxy) is 1. The van der Waals surface area contributed by atoms with E-state index in [1.165, 1.54) is 12.8 Å². The molecule has 0 atom stereocenters. The number of hydrogen-bond donors (Lipinski definition) is 1. The van der Waals surface area contributed by atoms with Crippen LogP contribution in [0.2, 0.25) is 0 Å². The Kier molecular flexibility index (Phi) is 5.53. The molecule has 0 spiro atoms. The van der Waals surface area contributed by atoms with Crippen LogP contribution in [0.1, 0.15) is 19.8 Å². The van der Waals surface area contributed by atoms with E-state index in [-0.39, 0.29) is 0 Å². The van der Waals surface area contributed by atoms with Gasteiger partial charge in [-0.25, -0.2) is 4.99 Å². The molecule has 0 amide bonds. The van der Waals surface area contributed by atoms with Gasteiger partial charge in [-0.1, -0.05) is 18.2 Å². The molecule has 1 fully saturated rings. The van der Waals surface area contributed by atoms with Gasteiger partial charge in [-0.15, -0.1) is 0 Å². The molecular weight excluding hydrogens is 238 g/mol. The van der Waals surface area contributed by atoms with Gasteiger partial charge >= 0.3 is 0 Å². The Labute approximate surface area is 115 Å². The second kappa shape index (κ2) is 7.67. The minimum atomic E-state index is 0.618. The maximum atomic E-state index is 5.64. The summed E-state index contributed by atoms with van der Waals surface area (Å²) in [5.41, 5.74) is 0. The standard InChI is InChI=1S/C15H23N3O/c1-2-16-15(18-11-6-7-12-18)17-10-13-19-14-8-4-3-5-9-14/h3-5,8-9H,2,6-7,10-13H2,1H3,(H,16,17). The van der Waals surface area contributed by atoms with Crippen molar-refractivity contribution >= 4 is 5.96 Å². The molecule has 1 aliphatic heterocycles. The van der Waals surface area contributed by atoms with Crippen LogP contribution in [0.5, 0.6) is 5.75 Å². The summed E-state index contributed by atoms with van der Waals surface area (Å²) in [5.74, 6) is 1.93. The van der Waals surface area contributed by atoms with Gasteiger partial charge in [0, 0.05) is 19.6 Å². The third kappa shape index (κ3) is 4.47. The van der Waals surface area contributed by atoms with Crippen LogP contribution in [0, 0.1) is 0 Å². The van der Waals surface area contributed by atoms with Crippen molar-refractivity contribution in [2.24, 2.45) is 4.99 Å². The fraction of sp³-hybridized carbons (Fsp3) is 0.533. The Morgan fingerprint density at radius 2 is 2.00 bits per heavy atom. The molecule has 0 aromatic heterocycles. The van der Waals surface area contributed by atoms with E-state index < -0.39 is 0 Å². The van der Waals surface area contributed by atoms with Gasteiger partial charge in [-0.2, -0.15) is 0 Å². The fourth-order valence-corrected chi connectivity index (χ4v) is 2.19. The lowest BCUT2D eigenvalue weighted by molar-refractivity contribution is 0.327. The number of likely N-dealkylation sites (tertiary alicyclic amines) is 1. The van der Waals surface area contributed by atoms with E-state index in [1.54, 1.807) is 0 Å². The zero-order valence-corrected chi connectivity index (χ0v) is 11.6. The van der Waals surface area contributed by atoms with Crippen molar-refractivity contribution in [2.75, 3.05) is 32.8 Å². The summed E-state index contributed by atoms with van der Waals surface area (Å²) >= 11 is 0. The van der Waals surface area contributed by atoms with E-state index >= 15 is 0 Å². The highest BCUT2D eigenvalue weighted by molar-refractivity contribution is 5.80. The van der Waals surface area contributed by atoms with Crippen LogP contribution >= 0.6 is 0 Å². The molecule has 1 aromatic rings. The van der Waals surface area contributed by atoms with Crippen LogP contribution in [-0.4, -0.2) is 43.6 Å².